The molecule has 0 bridgehead atoms. The van der Waals surface area contributed by atoms with Gasteiger partial charge in [0.2, 0.25) is 0 Å². The summed E-state index contributed by atoms with van der Waals surface area (Å²) in [5.74, 6) is 0.800. The number of ether oxygens (including phenoxy) is 1. The highest BCUT2D eigenvalue weighted by molar-refractivity contribution is 4.87. The Balaban J connectivity index is 3.23. The van der Waals surface area contributed by atoms with Gasteiger partial charge in [0.05, 0.1) is 13.2 Å². The summed E-state index contributed by atoms with van der Waals surface area (Å²) >= 11 is 0. The first-order valence-corrected chi connectivity index (χ1v) is 5.98. The summed E-state index contributed by atoms with van der Waals surface area (Å²) in [6.45, 7) is 14.9. The quantitative estimate of drug-likeness (QED) is 0.469. The van der Waals surface area contributed by atoms with Crippen molar-refractivity contribution in [3.8, 4) is 0 Å². The van der Waals surface area contributed by atoms with Gasteiger partial charge in [0, 0.05) is 12.6 Å². The minimum atomic E-state index is 0.598. The fraction of sp³-hybridized carbons (Fsp3) is 0.846. The Morgan fingerprint density at radius 2 is 1.93 bits per heavy atom. The van der Waals surface area contributed by atoms with Crippen LogP contribution in [0.15, 0.2) is 12.2 Å². The molecule has 0 aliphatic carbocycles. The van der Waals surface area contributed by atoms with E-state index < -0.39 is 0 Å². The predicted octanol–water partition coefficient (Wildman–Crippen LogP) is 2.99. The van der Waals surface area contributed by atoms with Crippen LogP contribution < -0.4 is 5.32 Å². The molecule has 0 aromatic heterocycles. The van der Waals surface area contributed by atoms with Gasteiger partial charge in [0.25, 0.3) is 0 Å². The van der Waals surface area contributed by atoms with E-state index in [1.807, 2.05) is 6.92 Å². The number of hydrogen-bond acceptors (Lipinski definition) is 2. The lowest BCUT2D eigenvalue weighted by Crippen LogP contribution is -2.29. The highest BCUT2D eigenvalue weighted by Gasteiger charge is 2.02. The van der Waals surface area contributed by atoms with Crippen molar-refractivity contribution in [2.75, 3.05) is 19.8 Å². The monoisotopic (exact) mass is 213 g/mol. The maximum Gasteiger partial charge on any atom is 0.0672 e. The lowest BCUT2D eigenvalue weighted by Gasteiger charge is -2.14. The highest BCUT2D eigenvalue weighted by Crippen LogP contribution is 2.05. The van der Waals surface area contributed by atoms with Crippen LogP contribution in [0.3, 0.4) is 0 Å². The van der Waals surface area contributed by atoms with Gasteiger partial charge in [-0.05, 0) is 32.6 Å². The van der Waals surface area contributed by atoms with Gasteiger partial charge in [-0.25, -0.2) is 0 Å². The van der Waals surface area contributed by atoms with Crippen LogP contribution in [0.25, 0.3) is 0 Å². The number of nitrogens with one attached hydrogen (secondary N) is 1. The number of hydrogen-bond donors (Lipinski definition) is 1. The first-order chi connectivity index (χ1) is 7.02. The summed E-state index contributed by atoms with van der Waals surface area (Å²) in [6.07, 6.45) is 2.54. The van der Waals surface area contributed by atoms with Crippen molar-refractivity contribution < 1.29 is 4.74 Å². The molecule has 2 heteroatoms. The van der Waals surface area contributed by atoms with Crippen LogP contribution in [0.4, 0.5) is 0 Å². The molecule has 1 N–H and O–H groups in total. The maximum atomic E-state index is 5.41. The highest BCUT2D eigenvalue weighted by atomic mass is 16.5. The molecule has 0 saturated heterocycles. The Labute approximate surface area is 95.1 Å². The summed E-state index contributed by atoms with van der Waals surface area (Å²) in [6, 6.07) is 0.598. The molecule has 0 saturated carbocycles. The van der Waals surface area contributed by atoms with Crippen molar-refractivity contribution in [2.24, 2.45) is 5.92 Å². The average Bonchev–Trinajstić information content (AvgIpc) is 2.13. The molecule has 0 aromatic carbocycles. The zero-order valence-electron chi connectivity index (χ0n) is 10.8. The van der Waals surface area contributed by atoms with Crippen molar-refractivity contribution >= 4 is 0 Å². The summed E-state index contributed by atoms with van der Waals surface area (Å²) in [4.78, 5) is 0. The second-order valence-electron chi connectivity index (χ2n) is 4.84. The summed E-state index contributed by atoms with van der Waals surface area (Å²) < 4.78 is 5.41. The molecule has 0 spiro atoms. The van der Waals surface area contributed by atoms with E-state index >= 15 is 0 Å². The Bertz CT molecular complexity index is 166. The minimum Gasteiger partial charge on any atom is -0.376 e. The summed E-state index contributed by atoms with van der Waals surface area (Å²) in [5.41, 5.74) is 1.09. The zero-order valence-corrected chi connectivity index (χ0v) is 10.8. The van der Waals surface area contributed by atoms with E-state index in [9.17, 15) is 0 Å². The van der Waals surface area contributed by atoms with Crippen molar-refractivity contribution in [2.45, 2.75) is 46.6 Å². The van der Waals surface area contributed by atoms with Crippen LogP contribution in [0.5, 0.6) is 0 Å². The Morgan fingerprint density at radius 3 is 2.47 bits per heavy atom. The van der Waals surface area contributed by atoms with Gasteiger partial charge in [-0.2, -0.15) is 0 Å². The van der Waals surface area contributed by atoms with Gasteiger partial charge < -0.3 is 10.1 Å². The molecule has 0 radical (unpaired) electrons. The van der Waals surface area contributed by atoms with Gasteiger partial charge in [-0.1, -0.05) is 26.0 Å². The smallest absolute Gasteiger partial charge is 0.0672 e. The fourth-order valence-electron chi connectivity index (χ4n) is 1.31. The van der Waals surface area contributed by atoms with Crippen molar-refractivity contribution in [1.82, 2.24) is 5.32 Å². The van der Waals surface area contributed by atoms with E-state index in [2.05, 4.69) is 32.7 Å². The molecule has 15 heavy (non-hydrogen) atoms. The van der Waals surface area contributed by atoms with Crippen molar-refractivity contribution in [3.05, 3.63) is 12.2 Å². The van der Waals surface area contributed by atoms with E-state index in [0.29, 0.717) is 12.6 Å². The zero-order chi connectivity index (χ0) is 11.7. The minimum absolute atomic E-state index is 0.598. The second-order valence-corrected chi connectivity index (χ2v) is 4.84. The normalized spacial score (nSPS) is 13.1. The third kappa shape index (κ3) is 11.6. The first-order valence-electron chi connectivity index (χ1n) is 5.98. The summed E-state index contributed by atoms with van der Waals surface area (Å²) in [7, 11) is 0. The molecule has 0 fully saturated rings. The largest absolute Gasteiger partial charge is 0.376 e. The molecule has 0 amide bonds. The van der Waals surface area contributed by atoms with E-state index in [0.717, 1.165) is 24.6 Å². The van der Waals surface area contributed by atoms with Crippen LogP contribution >= 0.6 is 0 Å². The van der Waals surface area contributed by atoms with Gasteiger partial charge in [0.15, 0.2) is 0 Å². The average molecular weight is 213 g/mol. The van der Waals surface area contributed by atoms with E-state index in [1.165, 1.54) is 12.8 Å². The molecule has 1 atom stereocenters. The maximum absolute atomic E-state index is 5.41. The van der Waals surface area contributed by atoms with Crippen LogP contribution in [0.1, 0.15) is 40.5 Å². The van der Waals surface area contributed by atoms with Crippen molar-refractivity contribution in [1.29, 1.82) is 0 Å². The molecule has 0 heterocycles. The Kier molecular flexibility index (Phi) is 8.73. The molecule has 90 valence electrons. The second kappa shape index (κ2) is 8.93. The molecule has 0 aliphatic rings. The van der Waals surface area contributed by atoms with E-state index in [1.54, 1.807) is 0 Å². The van der Waals surface area contributed by atoms with Gasteiger partial charge in [-0.3, -0.25) is 0 Å². The molecule has 2 nitrogen and oxygen atoms in total. The van der Waals surface area contributed by atoms with Gasteiger partial charge in [0.1, 0.15) is 0 Å². The molecular formula is C13H27NO. The number of rotatable bonds is 9. The molecule has 0 aliphatic heterocycles. The Hall–Kier alpha value is -0.340. The van der Waals surface area contributed by atoms with Crippen LogP contribution in [0, 0.1) is 5.92 Å². The SMILES string of the molecule is C=C(C)COCCNC(C)CCC(C)C. The topological polar surface area (TPSA) is 21.3 Å². The van der Waals surface area contributed by atoms with Crippen LogP contribution in [-0.4, -0.2) is 25.8 Å². The molecule has 0 aromatic rings. The van der Waals surface area contributed by atoms with Crippen LogP contribution in [0.2, 0.25) is 0 Å². The third-order valence-corrected chi connectivity index (χ3v) is 2.26. The fourth-order valence-corrected chi connectivity index (χ4v) is 1.31. The third-order valence-electron chi connectivity index (χ3n) is 2.26. The van der Waals surface area contributed by atoms with E-state index in [4.69, 9.17) is 4.74 Å². The lowest BCUT2D eigenvalue weighted by atomic mass is 10.0. The van der Waals surface area contributed by atoms with Gasteiger partial charge >= 0.3 is 0 Å². The van der Waals surface area contributed by atoms with Crippen LogP contribution in [-0.2, 0) is 4.74 Å². The van der Waals surface area contributed by atoms with E-state index in [-0.39, 0.29) is 0 Å². The standard InChI is InChI=1S/C13H27NO/c1-11(2)6-7-13(5)14-8-9-15-10-12(3)4/h11,13-14H,3,6-10H2,1-2,4-5H3. The lowest BCUT2D eigenvalue weighted by molar-refractivity contribution is 0.155. The molecule has 0 rings (SSSR count). The molecule has 1 unspecified atom stereocenters. The first kappa shape index (κ1) is 14.7. The van der Waals surface area contributed by atoms with Gasteiger partial charge in [-0.15, -0.1) is 0 Å². The molecular weight excluding hydrogens is 186 g/mol. The predicted molar refractivity (Wildman–Crippen MR) is 67.2 cm³/mol. The Morgan fingerprint density at radius 1 is 1.27 bits per heavy atom. The summed E-state index contributed by atoms with van der Waals surface area (Å²) in [5, 5.41) is 3.46. The van der Waals surface area contributed by atoms with Crippen molar-refractivity contribution in [3.63, 3.8) is 0 Å².